The first kappa shape index (κ1) is 8.74. The Bertz CT molecular complexity index is 275. The molecular formula is C12H16O. The zero-order valence-electron chi connectivity index (χ0n) is 8.01. The average molecular weight is 176 g/mol. The van der Waals surface area contributed by atoms with Crippen LogP contribution < -0.4 is 0 Å². The Hall–Kier alpha value is -0.850. The number of Topliss-reactive ketones (excluding diaryl/α,β-unsaturated/α-hetero) is 1. The third-order valence-corrected chi connectivity index (χ3v) is 3.47. The largest absolute Gasteiger partial charge is 0.300 e. The summed E-state index contributed by atoms with van der Waals surface area (Å²) in [6.45, 7) is 3.84. The molecule has 0 aliphatic heterocycles. The molecule has 0 aromatic carbocycles. The molecule has 0 radical (unpaired) electrons. The predicted octanol–water partition coefficient (Wildman–Crippen LogP) is 3.02. The van der Waals surface area contributed by atoms with Crippen LogP contribution in [0.1, 0.15) is 38.5 Å². The van der Waals surface area contributed by atoms with E-state index in [1.807, 2.05) is 6.08 Å². The van der Waals surface area contributed by atoms with E-state index < -0.39 is 0 Å². The van der Waals surface area contributed by atoms with Crippen LogP contribution in [0.4, 0.5) is 0 Å². The summed E-state index contributed by atoms with van der Waals surface area (Å²) < 4.78 is 0. The van der Waals surface area contributed by atoms with Gasteiger partial charge in [0.2, 0.25) is 0 Å². The van der Waals surface area contributed by atoms with Gasteiger partial charge in [-0.25, -0.2) is 0 Å². The second-order valence-electron chi connectivity index (χ2n) is 4.25. The van der Waals surface area contributed by atoms with E-state index in [9.17, 15) is 4.79 Å². The van der Waals surface area contributed by atoms with Crippen molar-refractivity contribution in [3.63, 3.8) is 0 Å². The number of carbonyl (C=O) groups is 1. The summed E-state index contributed by atoms with van der Waals surface area (Å²) in [4.78, 5) is 11.4. The monoisotopic (exact) mass is 176 g/mol. The Morgan fingerprint density at radius 3 is 3.00 bits per heavy atom. The quantitative estimate of drug-likeness (QED) is 0.600. The highest BCUT2D eigenvalue weighted by atomic mass is 16.1. The number of hydrogen-bond acceptors (Lipinski definition) is 1. The zero-order chi connectivity index (χ0) is 9.31. The van der Waals surface area contributed by atoms with Crippen LogP contribution >= 0.6 is 0 Å². The van der Waals surface area contributed by atoms with Gasteiger partial charge in [-0.2, -0.15) is 0 Å². The zero-order valence-corrected chi connectivity index (χ0v) is 8.01. The maximum atomic E-state index is 11.4. The topological polar surface area (TPSA) is 17.1 Å². The van der Waals surface area contributed by atoms with Crippen molar-refractivity contribution in [3.05, 3.63) is 24.3 Å². The van der Waals surface area contributed by atoms with Gasteiger partial charge in [0.1, 0.15) is 5.78 Å². The number of hydrogen-bond donors (Lipinski definition) is 0. The summed E-state index contributed by atoms with van der Waals surface area (Å²) in [7, 11) is 0. The molecule has 1 saturated carbocycles. The lowest BCUT2D eigenvalue weighted by Gasteiger charge is -2.34. The van der Waals surface area contributed by atoms with Gasteiger partial charge < -0.3 is 0 Å². The van der Waals surface area contributed by atoms with E-state index in [0.29, 0.717) is 5.78 Å². The Balaban J connectivity index is 2.24. The second kappa shape index (κ2) is 3.13. The third-order valence-electron chi connectivity index (χ3n) is 3.47. The average Bonchev–Trinajstić information content (AvgIpc) is 2.47. The van der Waals surface area contributed by atoms with Gasteiger partial charge in [-0.15, -0.1) is 0 Å². The Morgan fingerprint density at radius 1 is 1.46 bits per heavy atom. The maximum absolute atomic E-state index is 11.4. The molecule has 2 rings (SSSR count). The lowest BCUT2D eigenvalue weighted by molar-refractivity contribution is -0.122. The fourth-order valence-electron chi connectivity index (χ4n) is 2.80. The highest BCUT2D eigenvalue weighted by Gasteiger charge is 2.39. The van der Waals surface area contributed by atoms with E-state index >= 15 is 0 Å². The molecule has 1 spiro atoms. The summed E-state index contributed by atoms with van der Waals surface area (Å²) in [6.07, 6.45) is 10.3. The van der Waals surface area contributed by atoms with Gasteiger partial charge in [0.05, 0.1) is 0 Å². The van der Waals surface area contributed by atoms with Crippen molar-refractivity contribution in [2.75, 3.05) is 0 Å². The maximum Gasteiger partial charge on any atom is 0.133 e. The molecule has 13 heavy (non-hydrogen) atoms. The highest BCUT2D eigenvalue weighted by molar-refractivity contribution is 5.80. The lowest BCUT2D eigenvalue weighted by atomic mass is 9.69. The molecule has 2 aliphatic rings. The van der Waals surface area contributed by atoms with E-state index in [1.165, 1.54) is 18.4 Å². The van der Waals surface area contributed by atoms with Crippen molar-refractivity contribution in [3.8, 4) is 0 Å². The Labute approximate surface area is 79.5 Å². The van der Waals surface area contributed by atoms with Crippen molar-refractivity contribution in [1.29, 1.82) is 0 Å². The molecular weight excluding hydrogens is 160 g/mol. The van der Waals surface area contributed by atoms with Gasteiger partial charge in [-0.3, -0.25) is 4.79 Å². The summed E-state index contributed by atoms with van der Waals surface area (Å²) in [6, 6.07) is 0. The standard InChI is InChI=1S/C12H16O/c1-2-10-5-3-7-12(10)8-4-6-11(13)9-12/h2,5H,1,3-4,6-9H2. The van der Waals surface area contributed by atoms with Crippen molar-refractivity contribution >= 4 is 5.78 Å². The SMILES string of the molecule is C=CC1=CCCC12CCCC(=O)C2. The van der Waals surface area contributed by atoms with Gasteiger partial charge in [0.15, 0.2) is 0 Å². The molecule has 1 nitrogen and oxygen atoms in total. The summed E-state index contributed by atoms with van der Waals surface area (Å²) >= 11 is 0. The molecule has 0 amide bonds. The summed E-state index contributed by atoms with van der Waals surface area (Å²) in [5.74, 6) is 0.445. The fourth-order valence-corrected chi connectivity index (χ4v) is 2.80. The number of allylic oxidation sites excluding steroid dienone is 3. The minimum absolute atomic E-state index is 0.205. The smallest absolute Gasteiger partial charge is 0.133 e. The van der Waals surface area contributed by atoms with Crippen LogP contribution in [0.15, 0.2) is 24.3 Å². The first-order valence-electron chi connectivity index (χ1n) is 5.12. The molecule has 0 saturated heterocycles. The molecule has 1 atom stereocenters. The first-order valence-corrected chi connectivity index (χ1v) is 5.12. The number of rotatable bonds is 1. The second-order valence-corrected chi connectivity index (χ2v) is 4.25. The van der Waals surface area contributed by atoms with Crippen LogP contribution in [0.2, 0.25) is 0 Å². The molecule has 70 valence electrons. The van der Waals surface area contributed by atoms with Crippen molar-refractivity contribution in [1.82, 2.24) is 0 Å². The van der Waals surface area contributed by atoms with Crippen molar-refractivity contribution < 1.29 is 4.79 Å². The van der Waals surface area contributed by atoms with Crippen LogP contribution in [0.3, 0.4) is 0 Å². The lowest BCUT2D eigenvalue weighted by Crippen LogP contribution is -2.27. The molecule has 0 heterocycles. The van der Waals surface area contributed by atoms with Crippen LogP contribution in [0, 0.1) is 5.41 Å². The number of carbonyl (C=O) groups excluding carboxylic acids is 1. The van der Waals surface area contributed by atoms with E-state index in [4.69, 9.17) is 0 Å². The minimum Gasteiger partial charge on any atom is -0.300 e. The van der Waals surface area contributed by atoms with Crippen LogP contribution in [-0.2, 0) is 4.79 Å². The van der Waals surface area contributed by atoms with Crippen molar-refractivity contribution in [2.45, 2.75) is 38.5 Å². The van der Waals surface area contributed by atoms with Gasteiger partial charge >= 0.3 is 0 Å². The first-order chi connectivity index (χ1) is 6.27. The molecule has 1 fully saturated rings. The van der Waals surface area contributed by atoms with Gasteiger partial charge in [0, 0.05) is 18.3 Å². The predicted molar refractivity (Wildman–Crippen MR) is 53.4 cm³/mol. The van der Waals surface area contributed by atoms with Gasteiger partial charge in [-0.05, 0) is 31.3 Å². The van der Waals surface area contributed by atoms with Crippen LogP contribution in [-0.4, -0.2) is 5.78 Å². The van der Waals surface area contributed by atoms with E-state index in [1.54, 1.807) is 0 Å². The van der Waals surface area contributed by atoms with E-state index in [2.05, 4.69) is 12.7 Å². The minimum atomic E-state index is 0.205. The Kier molecular flexibility index (Phi) is 2.10. The Morgan fingerprint density at radius 2 is 2.31 bits per heavy atom. The van der Waals surface area contributed by atoms with Gasteiger partial charge in [0.25, 0.3) is 0 Å². The molecule has 1 heteroatoms. The molecule has 0 N–H and O–H groups in total. The molecule has 0 aromatic rings. The van der Waals surface area contributed by atoms with E-state index in [0.717, 1.165) is 25.7 Å². The van der Waals surface area contributed by atoms with Crippen LogP contribution in [0.25, 0.3) is 0 Å². The van der Waals surface area contributed by atoms with E-state index in [-0.39, 0.29) is 5.41 Å². The molecule has 0 aromatic heterocycles. The summed E-state index contributed by atoms with van der Waals surface area (Å²) in [5.41, 5.74) is 1.54. The van der Waals surface area contributed by atoms with Crippen molar-refractivity contribution in [2.24, 2.45) is 5.41 Å². The highest BCUT2D eigenvalue weighted by Crippen LogP contribution is 2.49. The van der Waals surface area contributed by atoms with Crippen LogP contribution in [0.5, 0.6) is 0 Å². The van der Waals surface area contributed by atoms with Gasteiger partial charge in [-0.1, -0.05) is 18.7 Å². The normalized spacial score (nSPS) is 33.5. The number of ketones is 1. The molecule has 0 bridgehead atoms. The summed E-state index contributed by atoms with van der Waals surface area (Å²) in [5, 5.41) is 0. The molecule has 1 unspecified atom stereocenters. The fraction of sp³-hybridized carbons (Fsp3) is 0.583. The third kappa shape index (κ3) is 1.37. The molecule has 2 aliphatic carbocycles.